The van der Waals surface area contributed by atoms with E-state index >= 15 is 0 Å². The molecule has 4 nitrogen and oxygen atoms in total. The first kappa shape index (κ1) is 18.5. The van der Waals surface area contributed by atoms with Gasteiger partial charge in [-0.3, -0.25) is 0 Å². The van der Waals surface area contributed by atoms with Crippen LogP contribution in [0.15, 0.2) is 54.6 Å². The lowest BCUT2D eigenvalue weighted by atomic mass is 10.1. The first-order chi connectivity index (χ1) is 11.7. The van der Waals surface area contributed by atoms with Crippen LogP contribution in [-0.2, 0) is 21.4 Å². The van der Waals surface area contributed by atoms with E-state index in [0.29, 0.717) is 19.6 Å². The molecule has 0 saturated carbocycles. The quantitative estimate of drug-likeness (QED) is 0.669. The first-order valence-corrected chi connectivity index (χ1v) is 9.00. The zero-order chi connectivity index (χ0) is 17.2. The third kappa shape index (κ3) is 5.98. The van der Waals surface area contributed by atoms with Crippen LogP contribution in [0.2, 0.25) is 0 Å². The third-order valence-electron chi connectivity index (χ3n) is 3.62. The fourth-order valence-corrected chi connectivity index (χ4v) is 2.64. The average Bonchev–Trinajstić information content (AvgIpc) is 2.65. The van der Waals surface area contributed by atoms with Gasteiger partial charge >= 0.3 is 6.09 Å². The highest BCUT2D eigenvalue weighted by Crippen LogP contribution is 2.23. The number of nitrogens with one attached hydrogen (secondary N) is 1. The summed E-state index contributed by atoms with van der Waals surface area (Å²) in [4.78, 5) is 11.2. The molecule has 0 spiro atoms. The van der Waals surface area contributed by atoms with Gasteiger partial charge in [0.15, 0.2) is 0 Å². The van der Waals surface area contributed by atoms with Gasteiger partial charge in [0.05, 0.1) is 19.3 Å². The van der Waals surface area contributed by atoms with Crippen molar-refractivity contribution >= 4 is 22.0 Å². The van der Waals surface area contributed by atoms with Crippen molar-refractivity contribution in [2.45, 2.75) is 24.5 Å². The Labute approximate surface area is 151 Å². The predicted octanol–water partition coefficient (Wildman–Crippen LogP) is 4.59. The number of halogens is 1. The first-order valence-electron chi connectivity index (χ1n) is 7.87. The molecule has 24 heavy (non-hydrogen) atoms. The molecule has 0 aromatic heterocycles. The van der Waals surface area contributed by atoms with E-state index in [2.05, 4.69) is 45.5 Å². The largest absolute Gasteiger partial charge is 0.449 e. The van der Waals surface area contributed by atoms with Gasteiger partial charge in [-0.05, 0) is 16.7 Å². The molecule has 0 aliphatic carbocycles. The maximum absolute atomic E-state index is 11.2. The molecule has 1 N–H and O–H groups in total. The van der Waals surface area contributed by atoms with Gasteiger partial charge in [0, 0.05) is 18.8 Å². The van der Waals surface area contributed by atoms with Crippen LogP contribution < -0.4 is 5.32 Å². The second-order valence-corrected chi connectivity index (χ2v) is 5.90. The Bertz CT molecular complexity index is 616. The number of hydrogen-bond acceptors (Lipinski definition) is 3. The zero-order valence-electron chi connectivity index (χ0n) is 13.7. The van der Waals surface area contributed by atoms with E-state index in [-0.39, 0.29) is 6.10 Å². The molecule has 128 valence electrons. The lowest BCUT2D eigenvalue weighted by Gasteiger charge is -2.18. The van der Waals surface area contributed by atoms with E-state index in [1.807, 2.05) is 30.3 Å². The van der Waals surface area contributed by atoms with Crippen LogP contribution in [-0.4, -0.2) is 19.7 Å². The number of amides is 1. The van der Waals surface area contributed by atoms with Crippen LogP contribution in [0.25, 0.3) is 0 Å². The van der Waals surface area contributed by atoms with E-state index in [9.17, 15) is 4.79 Å². The van der Waals surface area contributed by atoms with Crippen molar-refractivity contribution < 1.29 is 14.3 Å². The Morgan fingerprint density at radius 3 is 2.38 bits per heavy atom. The number of carbonyl (C=O) groups is 1. The lowest BCUT2D eigenvalue weighted by molar-refractivity contribution is 0.0199. The fourth-order valence-electron chi connectivity index (χ4n) is 2.27. The Morgan fingerprint density at radius 1 is 1.08 bits per heavy atom. The smallest absolute Gasteiger partial charge is 0.406 e. The summed E-state index contributed by atoms with van der Waals surface area (Å²) in [7, 11) is 1.55. The highest BCUT2D eigenvalue weighted by Gasteiger charge is 2.13. The minimum absolute atomic E-state index is 0.119. The highest BCUT2D eigenvalue weighted by atomic mass is 79.9. The predicted molar refractivity (Wildman–Crippen MR) is 98.1 cm³/mol. The topological polar surface area (TPSA) is 47.6 Å². The van der Waals surface area contributed by atoms with Crippen LogP contribution in [0.3, 0.4) is 0 Å². The zero-order valence-corrected chi connectivity index (χ0v) is 15.3. The number of benzene rings is 2. The molecule has 0 radical (unpaired) electrons. The van der Waals surface area contributed by atoms with Crippen LogP contribution in [0.4, 0.5) is 4.79 Å². The van der Waals surface area contributed by atoms with Crippen LogP contribution in [0.1, 0.15) is 29.2 Å². The van der Waals surface area contributed by atoms with Crippen LogP contribution in [0.5, 0.6) is 0 Å². The van der Waals surface area contributed by atoms with Crippen molar-refractivity contribution in [3.05, 3.63) is 71.3 Å². The van der Waals surface area contributed by atoms with Crippen LogP contribution >= 0.6 is 15.9 Å². The maximum atomic E-state index is 11.2. The van der Waals surface area contributed by atoms with E-state index < -0.39 is 6.09 Å². The maximum Gasteiger partial charge on any atom is 0.406 e. The molecule has 1 unspecified atom stereocenters. The van der Waals surface area contributed by atoms with Gasteiger partial charge in [0.1, 0.15) is 0 Å². The molecule has 2 aromatic carbocycles. The average molecular weight is 392 g/mol. The molecular formula is C19H22BrNO3. The Balaban J connectivity index is 1.95. The van der Waals surface area contributed by atoms with Gasteiger partial charge in [0.25, 0.3) is 0 Å². The lowest BCUT2D eigenvalue weighted by Crippen LogP contribution is -2.20. The monoisotopic (exact) mass is 391 g/mol. The molecule has 0 heterocycles. The van der Waals surface area contributed by atoms with Crippen molar-refractivity contribution in [1.29, 1.82) is 0 Å². The molecule has 1 amide bonds. The number of alkyl halides is 1. The summed E-state index contributed by atoms with van der Waals surface area (Å²) in [6.45, 7) is 0.823. The van der Waals surface area contributed by atoms with Gasteiger partial charge in [-0.15, -0.1) is 0 Å². The molecular weight excluding hydrogens is 370 g/mol. The minimum Gasteiger partial charge on any atom is -0.449 e. The van der Waals surface area contributed by atoms with Crippen molar-refractivity contribution in [1.82, 2.24) is 5.32 Å². The summed E-state index contributed by atoms with van der Waals surface area (Å²) in [5.41, 5.74) is 3.43. The third-order valence-corrected chi connectivity index (χ3v) is 4.26. The molecule has 0 fully saturated rings. The second kappa shape index (κ2) is 10.1. The van der Waals surface area contributed by atoms with E-state index in [1.54, 1.807) is 7.05 Å². The van der Waals surface area contributed by atoms with Gasteiger partial charge in [-0.1, -0.05) is 70.5 Å². The van der Waals surface area contributed by atoms with Crippen molar-refractivity contribution in [3.8, 4) is 0 Å². The number of ether oxygens (including phenoxy) is 2. The number of alkyl carbamates (subject to hydrolysis) is 1. The minimum atomic E-state index is -0.424. The van der Waals surface area contributed by atoms with Gasteiger partial charge in [-0.2, -0.15) is 0 Å². The molecule has 1 atom stereocenters. The standard InChI is InChI=1S/C19H22BrNO3/c1-21-19(22)23-12-11-18(17-5-3-2-4-6-17)24-14-16-9-7-15(13-20)8-10-16/h2-10,18H,11-14H2,1H3,(H,21,22). The molecule has 0 aliphatic rings. The fraction of sp³-hybridized carbons (Fsp3) is 0.316. The summed E-state index contributed by atoms with van der Waals surface area (Å²) in [6, 6.07) is 18.3. The van der Waals surface area contributed by atoms with Crippen LogP contribution in [0, 0.1) is 0 Å². The van der Waals surface area contributed by atoms with Gasteiger partial charge < -0.3 is 14.8 Å². The molecule has 2 rings (SSSR count). The molecule has 5 heteroatoms. The van der Waals surface area contributed by atoms with Crippen molar-refractivity contribution in [2.75, 3.05) is 13.7 Å². The number of carbonyl (C=O) groups excluding carboxylic acids is 1. The van der Waals surface area contributed by atoms with Gasteiger partial charge in [0.2, 0.25) is 0 Å². The van der Waals surface area contributed by atoms with E-state index in [0.717, 1.165) is 16.5 Å². The summed E-state index contributed by atoms with van der Waals surface area (Å²) in [5.74, 6) is 0. The van der Waals surface area contributed by atoms with E-state index in [1.165, 1.54) is 5.56 Å². The van der Waals surface area contributed by atoms with Crippen molar-refractivity contribution in [3.63, 3.8) is 0 Å². The van der Waals surface area contributed by atoms with E-state index in [4.69, 9.17) is 9.47 Å². The summed E-state index contributed by atoms with van der Waals surface area (Å²) in [5, 5.41) is 3.29. The van der Waals surface area contributed by atoms with Gasteiger partial charge in [-0.25, -0.2) is 4.79 Å². The summed E-state index contributed by atoms with van der Waals surface area (Å²) >= 11 is 3.44. The number of hydrogen-bond donors (Lipinski definition) is 1. The molecule has 0 bridgehead atoms. The Morgan fingerprint density at radius 2 is 1.75 bits per heavy atom. The number of rotatable bonds is 8. The normalized spacial score (nSPS) is 11.8. The molecule has 2 aromatic rings. The Hall–Kier alpha value is -1.85. The Kier molecular flexibility index (Phi) is 7.79. The summed E-state index contributed by atoms with van der Waals surface area (Å²) in [6.07, 6.45) is 0.0653. The molecule has 0 saturated heterocycles. The second-order valence-electron chi connectivity index (χ2n) is 5.34. The highest BCUT2D eigenvalue weighted by molar-refractivity contribution is 9.08. The molecule has 0 aliphatic heterocycles. The summed E-state index contributed by atoms with van der Waals surface area (Å²) < 4.78 is 11.2. The van der Waals surface area contributed by atoms with Crippen molar-refractivity contribution in [2.24, 2.45) is 0 Å². The SMILES string of the molecule is CNC(=O)OCCC(OCc1ccc(CBr)cc1)c1ccccc1.